The molecular formula is C16H23FN4O3. The van der Waals surface area contributed by atoms with Crippen LogP contribution in [0.25, 0.3) is 0 Å². The van der Waals surface area contributed by atoms with Crippen LogP contribution in [0.5, 0.6) is 0 Å². The van der Waals surface area contributed by atoms with Crippen molar-refractivity contribution in [1.29, 1.82) is 0 Å². The van der Waals surface area contributed by atoms with Crippen molar-refractivity contribution in [3.63, 3.8) is 0 Å². The van der Waals surface area contributed by atoms with Crippen molar-refractivity contribution < 1.29 is 18.7 Å². The van der Waals surface area contributed by atoms with Crippen molar-refractivity contribution in [1.82, 2.24) is 15.2 Å². The van der Waals surface area contributed by atoms with Gasteiger partial charge in [0.25, 0.3) is 5.91 Å². The molecule has 2 heterocycles. The molecule has 0 aliphatic carbocycles. The van der Waals surface area contributed by atoms with Gasteiger partial charge in [0.2, 0.25) is 0 Å². The maximum atomic E-state index is 14.0. The number of rotatable bonds is 2. The first kappa shape index (κ1) is 18.0. The molecule has 0 unspecified atom stereocenters. The van der Waals surface area contributed by atoms with Crippen LogP contribution in [0.2, 0.25) is 0 Å². The van der Waals surface area contributed by atoms with Crippen molar-refractivity contribution in [3.05, 3.63) is 23.8 Å². The van der Waals surface area contributed by atoms with E-state index in [1.165, 1.54) is 19.3 Å². The van der Waals surface area contributed by atoms with E-state index in [0.29, 0.717) is 31.9 Å². The van der Waals surface area contributed by atoms with E-state index in [1.807, 2.05) is 25.7 Å². The molecule has 0 bridgehead atoms. The first-order valence-corrected chi connectivity index (χ1v) is 7.82. The topological polar surface area (TPSA) is 74.8 Å². The quantitative estimate of drug-likeness (QED) is 0.887. The number of hydrogen-bond donors (Lipinski definition) is 1. The van der Waals surface area contributed by atoms with Crippen molar-refractivity contribution in [2.45, 2.75) is 26.4 Å². The number of pyridine rings is 1. The zero-order valence-electron chi connectivity index (χ0n) is 14.4. The Hall–Kier alpha value is -2.38. The molecule has 0 aromatic carbocycles. The van der Waals surface area contributed by atoms with Gasteiger partial charge in [-0.2, -0.15) is 0 Å². The molecule has 7 nitrogen and oxygen atoms in total. The summed E-state index contributed by atoms with van der Waals surface area (Å²) in [6.45, 7) is 7.51. The fraction of sp³-hybridized carbons (Fsp3) is 0.562. The Balaban J connectivity index is 1.98. The van der Waals surface area contributed by atoms with Crippen LogP contribution < -0.4 is 10.2 Å². The Morgan fingerprint density at radius 1 is 1.25 bits per heavy atom. The maximum absolute atomic E-state index is 14.0. The fourth-order valence-electron chi connectivity index (χ4n) is 2.36. The van der Waals surface area contributed by atoms with Gasteiger partial charge in [0.1, 0.15) is 5.60 Å². The molecule has 0 radical (unpaired) electrons. The molecule has 2 rings (SSSR count). The SMILES string of the molecule is CNC(=O)c1ncc(N2CCN(C(=O)OC(C)(C)C)CC2)cc1F. The molecule has 1 aromatic heterocycles. The second-order valence-corrected chi connectivity index (χ2v) is 6.56. The van der Waals surface area contributed by atoms with Gasteiger partial charge < -0.3 is 19.9 Å². The van der Waals surface area contributed by atoms with E-state index in [0.717, 1.165) is 0 Å². The number of nitrogens with zero attached hydrogens (tertiary/aromatic N) is 3. The lowest BCUT2D eigenvalue weighted by Gasteiger charge is -2.36. The van der Waals surface area contributed by atoms with Gasteiger partial charge in [-0.15, -0.1) is 0 Å². The molecular weight excluding hydrogens is 315 g/mol. The van der Waals surface area contributed by atoms with Gasteiger partial charge in [-0.3, -0.25) is 4.79 Å². The fourth-order valence-corrected chi connectivity index (χ4v) is 2.36. The summed E-state index contributed by atoms with van der Waals surface area (Å²) in [5.74, 6) is -1.23. The van der Waals surface area contributed by atoms with Gasteiger partial charge in [0, 0.05) is 39.3 Å². The van der Waals surface area contributed by atoms with E-state index in [4.69, 9.17) is 4.74 Å². The van der Waals surface area contributed by atoms with Crippen molar-refractivity contribution >= 4 is 17.7 Å². The highest BCUT2D eigenvalue weighted by molar-refractivity contribution is 5.92. The van der Waals surface area contributed by atoms with Crippen LogP contribution >= 0.6 is 0 Å². The molecule has 1 fully saturated rings. The monoisotopic (exact) mass is 338 g/mol. The Bertz CT molecular complexity index is 622. The minimum Gasteiger partial charge on any atom is -0.444 e. The molecule has 1 aliphatic heterocycles. The summed E-state index contributed by atoms with van der Waals surface area (Å²) >= 11 is 0. The molecule has 8 heteroatoms. The molecule has 1 saturated heterocycles. The second-order valence-electron chi connectivity index (χ2n) is 6.56. The van der Waals surface area contributed by atoms with Crippen molar-refractivity contribution in [2.75, 3.05) is 38.1 Å². The lowest BCUT2D eigenvalue weighted by molar-refractivity contribution is 0.0240. The third-order valence-corrected chi connectivity index (χ3v) is 3.57. The maximum Gasteiger partial charge on any atom is 0.410 e. The average Bonchev–Trinajstić information content (AvgIpc) is 2.52. The second kappa shape index (κ2) is 7.02. The molecule has 132 valence electrons. The minimum absolute atomic E-state index is 0.228. The number of carbonyl (C=O) groups excluding carboxylic acids is 2. The van der Waals surface area contributed by atoms with Crippen LogP contribution in [0.1, 0.15) is 31.3 Å². The molecule has 0 saturated carbocycles. The minimum atomic E-state index is -0.665. The molecule has 1 aromatic rings. The third-order valence-electron chi connectivity index (χ3n) is 3.57. The Labute approximate surface area is 140 Å². The average molecular weight is 338 g/mol. The number of halogens is 1. The van der Waals surface area contributed by atoms with Gasteiger partial charge in [0.05, 0.1) is 11.9 Å². The van der Waals surface area contributed by atoms with Crippen molar-refractivity contribution in [2.24, 2.45) is 0 Å². The Morgan fingerprint density at radius 3 is 2.38 bits per heavy atom. The van der Waals surface area contributed by atoms with E-state index < -0.39 is 17.3 Å². The number of amides is 2. The summed E-state index contributed by atoms with van der Waals surface area (Å²) in [5, 5.41) is 2.34. The van der Waals surface area contributed by atoms with E-state index in [9.17, 15) is 14.0 Å². The van der Waals surface area contributed by atoms with Crippen LogP contribution in [-0.2, 0) is 4.74 Å². The largest absolute Gasteiger partial charge is 0.444 e. The smallest absolute Gasteiger partial charge is 0.410 e. The van der Waals surface area contributed by atoms with E-state index in [-0.39, 0.29) is 11.8 Å². The zero-order chi connectivity index (χ0) is 17.9. The van der Waals surface area contributed by atoms with Crippen molar-refractivity contribution in [3.8, 4) is 0 Å². The lowest BCUT2D eigenvalue weighted by Crippen LogP contribution is -2.50. The zero-order valence-corrected chi connectivity index (χ0v) is 14.4. The van der Waals surface area contributed by atoms with Gasteiger partial charge in [-0.25, -0.2) is 14.2 Å². The Kier molecular flexibility index (Phi) is 5.26. The van der Waals surface area contributed by atoms with Gasteiger partial charge in [-0.1, -0.05) is 0 Å². The standard InChI is InChI=1S/C16H23FN4O3/c1-16(2,3)24-15(23)21-7-5-20(6-8-21)11-9-12(17)13(19-10-11)14(22)18-4/h9-10H,5-8H2,1-4H3,(H,18,22). The highest BCUT2D eigenvalue weighted by Crippen LogP contribution is 2.19. The summed E-state index contributed by atoms with van der Waals surface area (Å²) in [6.07, 6.45) is 1.12. The van der Waals surface area contributed by atoms with Gasteiger partial charge in [0.15, 0.2) is 11.5 Å². The molecule has 1 N–H and O–H groups in total. The highest BCUT2D eigenvalue weighted by atomic mass is 19.1. The number of nitrogens with one attached hydrogen (secondary N) is 1. The van der Waals surface area contributed by atoms with E-state index in [2.05, 4.69) is 10.3 Å². The molecule has 0 atom stereocenters. The predicted molar refractivity (Wildman–Crippen MR) is 87.6 cm³/mol. The summed E-state index contributed by atoms with van der Waals surface area (Å²) in [4.78, 5) is 30.9. The number of carbonyl (C=O) groups is 2. The number of ether oxygens (including phenoxy) is 1. The van der Waals surface area contributed by atoms with Gasteiger partial charge >= 0.3 is 6.09 Å². The van der Waals surface area contributed by atoms with Crippen LogP contribution in [0, 0.1) is 5.82 Å². The normalized spacial score (nSPS) is 15.2. The van der Waals surface area contributed by atoms with Gasteiger partial charge in [-0.05, 0) is 20.8 Å². The first-order valence-electron chi connectivity index (χ1n) is 7.82. The predicted octanol–water partition coefficient (Wildman–Crippen LogP) is 1.64. The molecule has 2 amide bonds. The number of piperazine rings is 1. The molecule has 24 heavy (non-hydrogen) atoms. The summed E-state index contributed by atoms with van der Waals surface area (Å²) in [6, 6.07) is 1.29. The number of aromatic nitrogens is 1. The Morgan fingerprint density at radius 2 is 1.88 bits per heavy atom. The third kappa shape index (κ3) is 4.33. The van der Waals surface area contributed by atoms with E-state index >= 15 is 0 Å². The lowest BCUT2D eigenvalue weighted by atomic mass is 10.2. The molecule has 0 spiro atoms. The van der Waals surface area contributed by atoms with Crippen LogP contribution in [0.15, 0.2) is 12.3 Å². The highest BCUT2D eigenvalue weighted by Gasteiger charge is 2.26. The summed E-state index contributed by atoms with van der Waals surface area (Å²) < 4.78 is 19.3. The first-order chi connectivity index (χ1) is 11.2. The summed E-state index contributed by atoms with van der Waals surface area (Å²) in [7, 11) is 1.42. The molecule has 1 aliphatic rings. The van der Waals surface area contributed by atoms with Crippen LogP contribution in [0.4, 0.5) is 14.9 Å². The number of anilines is 1. The summed E-state index contributed by atoms with van der Waals surface area (Å²) in [5.41, 5.74) is -0.172. The van der Waals surface area contributed by atoms with E-state index in [1.54, 1.807) is 4.90 Å². The van der Waals surface area contributed by atoms with Crippen LogP contribution in [0.3, 0.4) is 0 Å². The number of hydrogen-bond acceptors (Lipinski definition) is 5. The van der Waals surface area contributed by atoms with Crippen LogP contribution in [-0.4, -0.2) is 60.7 Å².